The molecule has 328 valence electrons. The van der Waals surface area contributed by atoms with Crippen molar-refractivity contribution < 1.29 is 23.2 Å². The second kappa shape index (κ2) is 15.2. The third-order valence-corrected chi connectivity index (χ3v) is 13.6. The average molecular weight is 867 g/mol. The van der Waals surface area contributed by atoms with E-state index in [1.165, 1.54) is 5.56 Å². The number of aryl methyl sites for hydroxylation is 2. The number of rotatable bonds is 10. The highest BCUT2D eigenvalue weighted by molar-refractivity contribution is 6.00. The molecule has 1 aliphatic carbocycles. The van der Waals surface area contributed by atoms with Gasteiger partial charge in [-0.2, -0.15) is 10.2 Å². The highest BCUT2D eigenvalue weighted by Gasteiger charge is 2.52. The maximum atomic E-state index is 15.4. The van der Waals surface area contributed by atoms with Gasteiger partial charge in [0.05, 0.1) is 48.0 Å². The van der Waals surface area contributed by atoms with Gasteiger partial charge in [0, 0.05) is 67.5 Å². The lowest BCUT2D eigenvalue weighted by Crippen LogP contribution is -2.41. The molecule has 3 aliphatic rings. The van der Waals surface area contributed by atoms with Crippen molar-refractivity contribution in [1.29, 1.82) is 0 Å². The van der Waals surface area contributed by atoms with E-state index in [2.05, 4.69) is 33.4 Å². The van der Waals surface area contributed by atoms with E-state index in [9.17, 15) is 9.59 Å². The van der Waals surface area contributed by atoms with E-state index < -0.39 is 17.3 Å². The minimum atomic E-state index is -0.778. The zero-order chi connectivity index (χ0) is 44.0. The van der Waals surface area contributed by atoms with Crippen LogP contribution in [0.1, 0.15) is 88.8 Å². The highest BCUT2D eigenvalue weighted by Crippen LogP contribution is 2.51. The number of hydrogen-bond donors (Lipinski definition) is 1. The fourth-order valence-electron chi connectivity index (χ4n) is 10.1. The van der Waals surface area contributed by atoms with Crippen molar-refractivity contribution in [3.63, 3.8) is 0 Å². The number of fused-ring (bicyclic) bond motifs is 3. The lowest BCUT2D eigenvalue weighted by Gasteiger charge is -2.34. The van der Waals surface area contributed by atoms with Crippen LogP contribution >= 0.6 is 0 Å². The number of aromatic amines is 1. The topological polar surface area (TPSA) is 165 Å². The fraction of sp³-hybridized carbons (Fsp3) is 0.362. The molecule has 1 saturated heterocycles. The van der Waals surface area contributed by atoms with Crippen molar-refractivity contribution in [3.8, 4) is 17.2 Å². The molecule has 11 rings (SSSR count). The van der Waals surface area contributed by atoms with Gasteiger partial charge in [-0.25, -0.2) is 18.7 Å². The van der Waals surface area contributed by atoms with Gasteiger partial charge in [0.15, 0.2) is 5.82 Å². The van der Waals surface area contributed by atoms with Crippen molar-refractivity contribution in [1.82, 2.24) is 48.3 Å². The molecule has 17 heteroatoms. The van der Waals surface area contributed by atoms with Gasteiger partial charge in [0.25, 0.3) is 5.91 Å². The second-order valence-corrected chi connectivity index (χ2v) is 17.4. The van der Waals surface area contributed by atoms with E-state index in [0.717, 1.165) is 40.3 Å². The smallest absolute Gasteiger partial charge is 0.383 e. The van der Waals surface area contributed by atoms with Gasteiger partial charge in [-0.15, -0.1) is 0 Å². The van der Waals surface area contributed by atoms with Crippen molar-refractivity contribution in [2.24, 2.45) is 0 Å². The van der Waals surface area contributed by atoms with Crippen LogP contribution in [-0.4, -0.2) is 87.7 Å². The minimum absolute atomic E-state index is 0.212. The molecule has 0 spiro atoms. The number of methoxy groups -OCH3 is 1. The van der Waals surface area contributed by atoms with Gasteiger partial charge in [0.1, 0.15) is 22.9 Å². The van der Waals surface area contributed by atoms with Crippen molar-refractivity contribution >= 4 is 27.7 Å². The normalized spacial score (nSPS) is 17.5. The number of amides is 1. The van der Waals surface area contributed by atoms with Gasteiger partial charge in [-0.05, 0) is 118 Å². The first-order valence-corrected chi connectivity index (χ1v) is 21.8. The van der Waals surface area contributed by atoms with E-state index in [1.807, 2.05) is 45.3 Å². The van der Waals surface area contributed by atoms with Gasteiger partial charge in [0.2, 0.25) is 0 Å². The molecule has 0 unspecified atom stereocenters. The third-order valence-electron chi connectivity index (χ3n) is 13.6. The van der Waals surface area contributed by atoms with Gasteiger partial charge in [-0.1, -0.05) is 11.2 Å². The van der Waals surface area contributed by atoms with E-state index in [0.29, 0.717) is 103 Å². The summed E-state index contributed by atoms with van der Waals surface area (Å²) in [6.07, 6.45) is 8.75. The summed E-state index contributed by atoms with van der Waals surface area (Å²) in [6.45, 7) is 8.25. The quantitative estimate of drug-likeness (QED) is 0.164. The Hall–Kier alpha value is -6.85. The molecule has 7 heterocycles. The molecule has 2 fully saturated rings. The first-order valence-electron chi connectivity index (χ1n) is 21.8. The Bertz CT molecular complexity index is 3240. The highest BCUT2D eigenvalue weighted by atomic mass is 19.1. The SMILES string of the molecule is COCCn1ncc2cc(-n3ccn(-c4c5c(nn4-c4cc(C)c(F)c(C)c4)CCN(C(=O)c4cc6cc(C7CCOCC7)ccc6n4C4(c6noc(=O)[nH]6)CC4)[C@H]5C)c3=O)ccc21. The van der Waals surface area contributed by atoms with E-state index in [-0.39, 0.29) is 17.4 Å². The summed E-state index contributed by atoms with van der Waals surface area (Å²) in [5.41, 5.74) is 5.87. The Morgan fingerprint density at radius 1 is 0.953 bits per heavy atom. The molecule has 2 aliphatic heterocycles. The first kappa shape index (κ1) is 40.0. The summed E-state index contributed by atoms with van der Waals surface area (Å²) in [5.74, 6) is 0.00817. The molecule has 1 saturated carbocycles. The van der Waals surface area contributed by atoms with Gasteiger partial charge in [-0.3, -0.25) is 28.1 Å². The van der Waals surface area contributed by atoms with Crippen LogP contribution in [0.4, 0.5) is 4.39 Å². The number of H-pyrrole nitrogens is 1. The van der Waals surface area contributed by atoms with Crippen molar-refractivity contribution in [2.45, 2.75) is 76.9 Å². The number of carbonyl (C=O) groups excluding carboxylic acids is 1. The first-order chi connectivity index (χ1) is 31.0. The Morgan fingerprint density at radius 2 is 1.72 bits per heavy atom. The largest absolute Gasteiger partial charge is 0.438 e. The van der Waals surface area contributed by atoms with E-state index in [4.69, 9.17) is 19.1 Å². The fourth-order valence-corrected chi connectivity index (χ4v) is 10.1. The summed E-state index contributed by atoms with van der Waals surface area (Å²) in [7, 11) is 1.65. The van der Waals surface area contributed by atoms with Crippen LogP contribution in [0, 0.1) is 19.7 Å². The van der Waals surface area contributed by atoms with Crippen LogP contribution in [-0.2, 0) is 28.0 Å². The van der Waals surface area contributed by atoms with Gasteiger partial charge < -0.3 is 18.9 Å². The molecule has 1 atom stereocenters. The molecular weight excluding hydrogens is 820 g/mol. The number of ether oxygens (including phenoxy) is 2. The summed E-state index contributed by atoms with van der Waals surface area (Å²) in [4.78, 5) is 47.1. The number of aromatic nitrogens is 9. The van der Waals surface area contributed by atoms with Crippen LogP contribution in [0.3, 0.4) is 0 Å². The van der Waals surface area contributed by atoms with Crippen molar-refractivity contribution in [3.05, 3.63) is 140 Å². The van der Waals surface area contributed by atoms with Crippen LogP contribution in [0.15, 0.2) is 87.3 Å². The molecule has 8 aromatic rings. The minimum Gasteiger partial charge on any atom is -0.383 e. The molecule has 0 bridgehead atoms. The summed E-state index contributed by atoms with van der Waals surface area (Å²) in [6, 6.07) is 17.0. The summed E-state index contributed by atoms with van der Waals surface area (Å²) < 4.78 is 39.8. The Balaban J connectivity index is 1.03. The van der Waals surface area contributed by atoms with Crippen molar-refractivity contribution in [2.75, 3.05) is 33.5 Å². The molecule has 0 radical (unpaired) electrons. The summed E-state index contributed by atoms with van der Waals surface area (Å²) >= 11 is 0. The van der Waals surface area contributed by atoms with Crippen LogP contribution in [0.25, 0.3) is 39.0 Å². The number of nitrogens with one attached hydrogen (secondary N) is 1. The van der Waals surface area contributed by atoms with Crippen LogP contribution in [0.5, 0.6) is 0 Å². The number of hydrogen-bond acceptors (Lipinski definition) is 9. The number of nitrogens with zero attached hydrogens (tertiary/aromatic N) is 9. The number of benzene rings is 3. The number of carbonyl (C=O) groups is 1. The third kappa shape index (κ3) is 6.31. The number of halogens is 1. The lowest BCUT2D eigenvalue weighted by atomic mass is 9.91. The molecule has 64 heavy (non-hydrogen) atoms. The standard InChI is InChI=1S/C47H47FN10O6/c1-27-21-35(22-28(2)41(27)48)58-42(55-16-15-54(46(55)61)34-6-8-37-33(24-34)26-49-56(37)17-20-62-4)40-29(3)53(14-9-36(40)51-58)43(59)39-25-32-23-31(30-10-18-63-19-11-30)5-7-38(32)57(39)47(12-13-47)44-50-45(60)64-52-44/h5-8,15-16,21-26,29-30H,9-14,17-20H2,1-4H3,(H,50,52,60)/t29-/m0/s1. The van der Waals surface area contributed by atoms with Crippen LogP contribution in [0.2, 0.25) is 0 Å². The Kier molecular flexibility index (Phi) is 9.46. The molecular formula is C47H47FN10O6. The molecule has 1 amide bonds. The predicted octanol–water partition coefficient (Wildman–Crippen LogP) is 6.39. The summed E-state index contributed by atoms with van der Waals surface area (Å²) in [5, 5.41) is 15.6. The average Bonchev–Trinajstić information content (AvgIpc) is 3.78. The zero-order valence-electron chi connectivity index (χ0n) is 36.0. The maximum Gasteiger partial charge on any atom is 0.438 e. The van der Waals surface area contributed by atoms with Gasteiger partial charge >= 0.3 is 11.4 Å². The Morgan fingerprint density at radius 3 is 2.45 bits per heavy atom. The second-order valence-electron chi connectivity index (χ2n) is 17.4. The Labute approximate surface area is 365 Å². The molecule has 3 aromatic carbocycles. The van der Waals surface area contributed by atoms with E-state index >= 15 is 9.18 Å². The lowest BCUT2D eigenvalue weighted by molar-refractivity contribution is 0.0664. The van der Waals surface area contributed by atoms with Crippen LogP contribution < -0.4 is 11.4 Å². The predicted molar refractivity (Wildman–Crippen MR) is 234 cm³/mol. The zero-order valence-corrected chi connectivity index (χ0v) is 36.0. The monoisotopic (exact) mass is 866 g/mol. The molecule has 5 aromatic heterocycles. The van der Waals surface area contributed by atoms with E-state index in [1.54, 1.807) is 65.5 Å². The number of imidazole rings is 1. The molecule has 1 N–H and O–H groups in total. The molecule has 16 nitrogen and oxygen atoms in total. The maximum absolute atomic E-state index is 15.4.